The van der Waals surface area contributed by atoms with Gasteiger partial charge in [0.2, 0.25) is 0 Å². The molecule has 4 rings (SSSR count). The molecule has 1 fully saturated rings. The zero-order valence-electron chi connectivity index (χ0n) is 12.2. The molecule has 1 saturated heterocycles. The Morgan fingerprint density at radius 1 is 1.18 bits per heavy atom. The first-order chi connectivity index (χ1) is 10.9. The second kappa shape index (κ2) is 5.63. The fourth-order valence-electron chi connectivity index (χ4n) is 2.92. The number of rotatable bonds is 3. The van der Waals surface area contributed by atoms with Crippen molar-refractivity contribution in [3.63, 3.8) is 0 Å². The van der Waals surface area contributed by atoms with Crippen LogP contribution in [0.25, 0.3) is 5.52 Å². The van der Waals surface area contributed by atoms with Crippen molar-refractivity contribution in [2.45, 2.75) is 18.9 Å². The number of piperidine rings is 1. The lowest BCUT2D eigenvalue weighted by Gasteiger charge is -2.33. The van der Waals surface area contributed by atoms with Gasteiger partial charge in [-0.2, -0.15) is 5.10 Å². The molecule has 6 nitrogen and oxygen atoms in total. The zero-order valence-corrected chi connectivity index (χ0v) is 12.2. The number of aromatic nitrogens is 4. The summed E-state index contributed by atoms with van der Waals surface area (Å²) in [5.41, 5.74) is 1.03. The fraction of sp³-hybridized carbons (Fsp3) is 0.312. The zero-order chi connectivity index (χ0) is 14.8. The molecule has 1 aliphatic rings. The summed E-state index contributed by atoms with van der Waals surface area (Å²) in [4.78, 5) is 10.9. The van der Waals surface area contributed by atoms with E-state index < -0.39 is 0 Å². The van der Waals surface area contributed by atoms with Crippen LogP contribution in [0.1, 0.15) is 12.8 Å². The highest BCUT2D eigenvalue weighted by atomic mass is 16.5. The molecule has 0 aliphatic carbocycles. The van der Waals surface area contributed by atoms with Crippen LogP contribution >= 0.6 is 0 Å². The maximum atomic E-state index is 6.05. The molecule has 0 bridgehead atoms. The Kier molecular flexibility index (Phi) is 3.34. The van der Waals surface area contributed by atoms with Crippen molar-refractivity contribution in [2.75, 3.05) is 18.0 Å². The Morgan fingerprint density at radius 3 is 3.09 bits per heavy atom. The predicted molar refractivity (Wildman–Crippen MR) is 83.1 cm³/mol. The molecule has 22 heavy (non-hydrogen) atoms. The number of nitrogens with zero attached hydrogens (tertiary/aromatic N) is 5. The van der Waals surface area contributed by atoms with E-state index in [4.69, 9.17) is 4.74 Å². The minimum absolute atomic E-state index is 0.155. The van der Waals surface area contributed by atoms with Crippen LogP contribution in [0.2, 0.25) is 0 Å². The third-order valence-electron chi connectivity index (χ3n) is 3.92. The van der Waals surface area contributed by atoms with E-state index in [2.05, 4.69) is 20.0 Å². The average molecular weight is 295 g/mol. The van der Waals surface area contributed by atoms with E-state index in [9.17, 15) is 0 Å². The molecule has 3 aromatic rings. The summed E-state index contributed by atoms with van der Waals surface area (Å²) in [5, 5.41) is 4.27. The maximum Gasteiger partial charge on any atom is 0.154 e. The summed E-state index contributed by atoms with van der Waals surface area (Å²) in [6.45, 7) is 1.82. The molecule has 0 aromatic carbocycles. The fourth-order valence-corrected chi connectivity index (χ4v) is 2.92. The monoisotopic (exact) mass is 295 g/mol. The third-order valence-corrected chi connectivity index (χ3v) is 3.92. The molecule has 3 aromatic heterocycles. The van der Waals surface area contributed by atoms with Gasteiger partial charge in [-0.25, -0.2) is 9.50 Å². The van der Waals surface area contributed by atoms with Crippen LogP contribution < -0.4 is 9.64 Å². The van der Waals surface area contributed by atoms with E-state index >= 15 is 0 Å². The molecule has 0 saturated carbocycles. The largest absolute Gasteiger partial charge is 0.487 e. The number of anilines is 1. The summed E-state index contributed by atoms with van der Waals surface area (Å²) in [6, 6.07) is 5.83. The Hall–Kier alpha value is -2.63. The van der Waals surface area contributed by atoms with Gasteiger partial charge in [-0.1, -0.05) is 0 Å². The highest BCUT2D eigenvalue weighted by Gasteiger charge is 2.23. The predicted octanol–water partition coefficient (Wildman–Crippen LogP) is 2.17. The van der Waals surface area contributed by atoms with Gasteiger partial charge in [0.05, 0.1) is 18.9 Å². The Labute approximate surface area is 128 Å². The van der Waals surface area contributed by atoms with Crippen molar-refractivity contribution in [2.24, 2.45) is 0 Å². The van der Waals surface area contributed by atoms with Crippen molar-refractivity contribution in [1.82, 2.24) is 19.6 Å². The quantitative estimate of drug-likeness (QED) is 0.741. The Morgan fingerprint density at radius 2 is 2.18 bits per heavy atom. The van der Waals surface area contributed by atoms with Gasteiger partial charge in [0.1, 0.15) is 17.4 Å². The van der Waals surface area contributed by atoms with Gasteiger partial charge in [-0.3, -0.25) is 4.98 Å². The van der Waals surface area contributed by atoms with Crippen molar-refractivity contribution in [1.29, 1.82) is 0 Å². The van der Waals surface area contributed by atoms with Gasteiger partial charge in [-0.15, -0.1) is 0 Å². The van der Waals surface area contributed by atoms with E-state index in [1.807, 2.05) is 28.9 Å². The second-order valence-electron chi connectivity index (χ2n) is 5.43. The normalized spacial score (nSPS) is 18.5. The average Bonchev–Trinajstić information content (AvgIpc) is 3.04. The number of ether oxygens (including phenoxy) is 1. The van der Waals surface area contributed by atoms with E-state index in [1.165, 1.54) is 0 Å². The lowest BCUT2D eigenvalue weighted by molar-refractivity contribution is 0.178. The van der Waals surface area contributed by atoms with Crippen molar-refractivity contribution >= 4 is 11.3 Å². The third kappa shape index (κ3) is 2.47. The minimum Gasteiger partial charge on any atom is -0.487 e. The summed E-state index contributed by atoms with van der Waals surface area (Å²) >= 11 is 0. The highest BCUT2D eigenvalue weighted by molar-refractivity contribution is 5.68. The molecule has 1 atom stereocenters. The van der Waals surface area contributed by atoms with Gasteiger partial charge in [0.15, 0.2) is 5.82 Å². The first kappa shape index (κ1) is 13.1. The lowest BCUT2D eigenvalue weighted by Crippen LogP contribution is -2.41. The summed E-state index contributed by atoms with van der Waals surface area (Å²) in [7, 11) is 0. The van der Waals surface area contributed by atoms with Crippen LogP contribution in [0.15, 0.2) is 49.2 Å². The van der Waals surface area contributed by atoms with Crippen LogP contribution in [-0.4, -0.2) is 38.8 Å². The summed E-state index contributed by atoms with van der Waals surface area (Å²) in [5.74, 6) is 1.80. The molecular weight excluding hydrogens is 278 g/mol. The Bertz CT molecular complexity index is 757. The van der Waals surface area contributed by atoms with Crippen molar-refractivity contribution in [3.05, 3.63) is 49.2 Å². The topological polar surface area (TPSA) is 55.5 Å². The van der Waals surface area contributed by atoms with Gasteiger partial charge in [-0.05, 0) is 31.0 Å². The summed E-state index contributed by atoms with van der Waals surface area (Å²) < 4.78 is 7.90. The molecule has 4 heterocycles. The van der Waals surface area contributed by atoms with E-state index in [0.29, 0.717) is 0 Å². The second-order valence-corrected chi connectivity index (χ2v) is 5.43. The van der Waals surface area contributed by atoms with E-state index in [0.717, 1.165) is 43.0 Å². The van der Waals surface area contributed by atoms with Crippen LogP contribution in [0.5, 0.6) is 5.75 Å². The maximum absolute atomic E-state index is 6.05. The van der Waals surface area contributed by atoms with Crippen LogP contribution in [0.3, 0.4) is 0 Å². The molecular formula is C16H17N5O. The number of pyridine rings is 1. The van der Waals surface area contributed by atoms with Crippen LogP contribution in [0.4, 0.5) is 5.82 Å². The number of fused-ring (bicyclic) bond motifs is 1. The molecule has 112 valence electrons. The molecule has 0 spiro atoms. The Balaban J connectivity index is 1.55. The highest BCUT2D eigenvalue weighted by Crippen LogP contribution is 2.24. The SMILES string of the molecule is c1cncc(OC2CCCN(c3nccn4nccc34)C2)c1. The van der Waals surface area contributed by atoms with E-state index in [-0.39, 0.29) is 6.10 Å². The van der Waals surface area contributed by atoms with Gasteiger partial charge in [0, 0.05) is 25.1 Å². The van der Waals surface area contributed by atoms with Crippen LogP contribution in [-0.2, 0) is 0 Å². The molecule has 6 heteroatoms. The standard InChI is InChI=1S/C16H17N5O/c1-3-13(11-17-6-1)22-14-4-2-9-20(12-14)16-15-5-7-19-21(15)10-8-18-16/h1,3,5-8,10-11,14H,2,4,9,12H2. The molecule has 0 amide bonds. The van der Waals surface area contributed by atoms with Gasteiger partial charge >= 0.3 is 0 Å². The smallest absolute Gasteiger partial charge is 0.154 e. The van der Waals surface area contributed by atoms with Gasteiger partial charge < -0.3 is 9.64 Å². The van der Waals surface area contributed by atoms with Crippen molar-refractivity contribution < 1.29 is 4.74 Å². The minimum atomic E-state index is 0.155. The van der Waals surface area contributed by atoms with E-state index in [1.54, 1.807) is 24.8 Å². The van der Waals surface area contributed by atoms with Crippen molar-refractivity contribution in [3.8, 4) is 5.75 Å². The number of hydrogen-bond acceptors (Lipinski definition) is 5. The lowest BCUT2D eigenvalue weighted by atomic mass is 10.1. The first-order valence-corrected chi connectivity index (χ1v) is 7.50. The van der Waals surface area contributed by atoms with Crippen LogP contribution in [0, 0.1) is 0 Å². The molecule has 0 N–H and O–H groups in total. The molecule has 1 unspecified atom stereocenters. The number of hydrogen-bond donors (Lipinski definition) is 0. The first-order valence-electron chi connectivity index (χ1n) is 7.50. The molecule has 1 aliphatic heterocycles. The molecule has 0 radical (unpaired) electrons. The summed E-state index contributed by atoms with van der Waals surface area (Å²) in [6.07, 6.45) is 11.3. The van der Waals surface area contributed by atoms with Gasteiger partial charge in [0.25, 0.3) is 0 Å².